The molecule has 1 aliphatic heterocycles. The van der Waals surface area contributed by atoms with Crippen molar-refractivity contribution < 1.29 is 55.5 Å². The predicted octanol–water partition coefficient (Wildman–Crippen LogP) is 1.89. The van der Waals surface area contributed by atoms with Crippen LogP contribution in [0.15, 0.2) is 60.3 Å². The monoisotopic (exact) mass is 654 g/mol. The van der Waals surface area contributed by atoms with Gasteiger partial charge < -0.3 is 50.7 Å². The molecule has 0 aromatic carbocycles. The van der Waals surface area contributed by atoms with Crippen LogP contribution in [0.4, 0.5) is 0 Å². The van der Waals surface area contributed by atoms with Crippen LogP contribution in [0, 0.1) is 5.92 Å². The minimum atomic E-state index is -1.59. The van der Waals surface area contributed by atoms with Gasteiger partial charge in [0.15, 0.2) is 0 Å². The van der Waals surface area contributed by atoms with E-state index in [2.05, 4.69) is 6.92 Å². The maximum Gasteiger partial charge on any atom is 0.311 e. The zero-order valence-electron chi connectivity index (χ0n) is 27.5. The maximum atomic E-state index is 13.1. The number of rotatable bonds is 5. The van der Waals surface area contributed by atoms with E-state index < -0.39 is 72.9 Å². The first-order valence-corrected chi connectivity index (χ1v) is 16.4. The maximum absolute atomic E-state index is 13.1. The van der Waals surface area contributed by atoms with Crippen LogP contribution in [0.2, 0.25) is 0 Å². The zero-order valence-corrected chi connectivity index (χ0v) is 27.5. The summed E-state index contributed by atoms with van der Waals surface area (Å²) in [7, 11) is 0. The van der Waals surface area contributed by atoms with Gasteiger partial charge in [0, 0.05) is 12.8 Å². The SMILES string of the molecule is CCCCCCC1C(=O)OC(C)C(O)/C=C/C=C/C=C/C=C/C=C(\C)C(O)C(O)C(O)CC(O)CC(O)CC(O)CC(O)CC1O. The van der Waals surface area contributed by atoms with E-state index in [1.165, 1.54) is 6.08 Å². The van der Waals surface area contributed by atoms with E-state index in [1.807, 2.05) is 0 Å². The number of ether oxygens (including phenoxy) is 1. The molecule has 0 amide bonds. The average Bonchev–Trinajstić information content (AvgIpc) is 2.97. The van der Waals surface area contributed by atoms with Crippen molar-refractivity contribution in [1.29, 1.82) is 0 Å². The van der Waals surface area contributed by atoms with Crippen LogP contribution >= 0.6 is 0 Å². The van der Waals surface area contributed by atoms with E-state index in [4.69, 9.17) is 4.74 Å². The van der Waals surface area contributed by atoms with Crippen LogP contribution in [0.3, 0.4) is 0 Å². The molecule has 0 radical (unpaired) electrons. The summed E-state index contributed by atoms with van der Waals surface area (Å²) < 4.78 is 5.50. The van der Waals surface area contributed by atoms with Gasteiger partial charge >= 0.3 is 5.97 Å². The van der Waals surface area contributed by atoms with E-state index in [-0.39, 0.29) is 32.1 Å². The van der Waals surface area contributed by atoms with Crippen molar-refractivity contribution in [3.63, 3.8) is 0 Å². The molecule has 0 spiro atoms. The highest BCUT2D eigenvalue weighted by atomic mass is 16.6. The van der Waals surface area contributed by atoms with E-state index in [0.717, 1.165) is 19.3 Å². The quantitative estimate of drug-likeness (QED) is 0.154. The highest BCUT2D eigenvalue weighted by molar-refractivity contribution is 5.73. The molecular weight excluding hydrogens is 596 g/mol. The van der Waals surface area contributed by atoms with Gasteiger partial charge in [-0.1, -0.05) is 87.3 Å². The first kappa shape index (κ1) is 41.8. The normalized spacial score (nSPS) is 39.5. The first-order chi connectivity index (χ1) is 21.8. The van der Waals surface area contributed by atoms with Crippen molar-refractivity contribution in [3.05, 3.63) is 60.3 Å². The van der Waals surface area contributed by atoms with Crippen LogP contribution in [0.1, 0.15) is 85.0 Å². The van der Waals surface area contributed by atoms with Gasteiger partial charge in [-0.3, -0.25) is 4.79 Å². The van der Waals surface area contributed by atoms with Crippen LogP contribution in [0.5, 0.6) is 0 Å². The molecule has 0 aromatic heterocycles. The Bertz CT molecular complexity index is 991. The van der Waals surface area contributed by atoms with Gasteiger partial charge in [-0.25, -0.2) is 0 Å². The molecule has 0 aliphatic carbocycles. The Morgan fingerprint density at radius 1 is 0.674 bits per heavy atom. The molecule has 46 heavy (non-hydrogen) atoms. The van der Waals surface area contributed by atoms with E-state index in [0.29, 0.717) is 18.4 Å². The van der Waals surface area contributed by atoms with Crippen LogP contribution in [-0.4, -0.2) is 113 Å². The lowest BCUT2D eigenvalue weighted by Gasteiger charge is -2.27. The lowest BCUT2D eigenvalue weighted by atomic mass is 9.89. The molecule has 1 rings (SSSR count). The molecule has 11 unspecified atom stereocenters. The number of carbonyl (C=O) groups excluding carboxylic acids is 1. The first-order valence-electron chi connectivity index (χ1n) is 16.4. The minimum absolute atomic E-state index is 0.210. The van der Waals surface area contributed by atoms with Crippen LogP contribution in [-0.2, 0) is 9.53 Å². The Morgan fingerprint density at radius 3 is 1.74 bits per heavy atom. The Hall–Kier alpha value is -2.19. The van der Waals surface area contributed by atoms with Gasteiger partial charge in [-0.05, 0) is 45.1 Å². The van der Waals surface area contributed by atoms with Gasteiger partial charge in [0.2, 0.25) is 0 Å². The summed E-state index contributed by atoms with van der Waals surface area (Å²) in [4.78, 5) is 13.1. The second kappa shape index (κ2) is 23.2. The second-order valence-corrected chi connectivity index (χ2v) is 12.4. The number of esters is 1. The fourth-order valence-electron chi connectivity index (χ4n) is 5.23. The summed E-state index contributed by atoms with van der Waals surface area (Å²) in [5, 5.41) is 94.4. The minimum Gasteiger partial charge on any atom is -0.459 e. The number of allylic oxidation sites excluding steroid dienone is 8. The molecule has 0 aromatic rings. The van der Waals surface area contributed by atoms with E-state index >= 15 is 0 Å². The molecule has 1 aliphatic rings. The fourth-order valence-corrected chi connectivity index (χ4v) is 5.23. The van der Waals surface area contributed by atoms with E-state index in [1.54, 1.807) is 62.5 Å². The van der Waals surface area contributed by atoms with Crippen molar-refractivity contribution in [2.45, 2.75) is 146 Å². The molecule has 9 N–H and O–H groups in total. The Morgan fingerprint density at radius 2 is 1.17 bits per heavy atom. The lowest BCUT2D eigenvalue weighted by molar-refractivity contribution is -0.162. The van der Waals surface area contributed by atoms with Gasteiger partial charge in [-0.2, -0.15) is 0 Å². The Labute approximate surface area is 273 Å². The van der Waals surface area contributed by atoms with E-state index in [9.17, 15) is 50.8 Å². The highest BCUT2D eigenvalue weighted by Crippen LogP contribution is 2.23. The van der Waals surface area contributed by atoms with Gasteiger partial charge in [0.25, 0.3) is 0 Å². The number of aliphatic hydroxyl groups excluding tert-OH is 9. The third-order valence-corrected chi connectivity index (χ3v) is 8.10. The van der Waals surface area contributed by atoms with Crippen LogP contribution in [0.25, 0.3) is 0 Å². The third kappa shape index (κ3) is 17.1. The molecule has 0 saturated heterocycles. The summed E-state index contributed by atoms with van der Waals surface area (Å²) in [6.45, 7) is 5.17. The summed E-state index contributed by atoms with van der Waals surface area (Å²) in [6, 6.07) is 0. The summed E-state index contributed by atoms with van der Waals surface area (Å²) in [5.41, 5.74) is 0.371. The molecule has 1 heterocycles. The average molecular weight is 655 g/mol. The lowest BCUT2D eigenvalue weighted by Crippen LogP contribution is -2.40. The van der Waals surface area contributed by atoms with Crippen LogP contribution < -0.4 is 0 Å². The van der Waals surface area contributed by atoms with Crippen molar-refractivity contribution in [3.8, 4) is 0 Å². The Kier molecular flexibility index (Phi) is 21.1. The summed E-state index contributed by atoms with van der Waals surface area (Å²) in [5.74, 6) is -1.64. The number of hydrogen-bond acceptors (Lipinski definition) is 11. The number of aliphatic hydroxyl groups is 9. The van der Waals surface area contributed by atoms with Crippen molar-refractivity contribution in [2.75, 3.05) is 0 Å². The second-order valence-electron chi connectivity index (χ2n) is 12.4. The standard InChI is InChI=1S/C35H58O11/c1-4-5-6-13-16-29-31(41)21-27(38)19-25(36)18-26(37)20-28(39)22-32(42)34(44)33(43)23(2)15-12-10-8-7-9-11-14-17-30(40)24(3)46-35(29)45/h7-12,14-15,17,24-34,36-44H,4-6,13,16,18-22H2,1-3H3/b8-7+,11-9+,12-10+,17-14+,23-15+. The Balaban J connectivity index is 3.13. The largest absolute Gasteiger partial charge is 0.459 e. The molecule has 0 fully saturated rings. The van der Waals surface area contributed by atoms with Gasteiger partial charge in [0.1, 0.15) is 24.4 Å². The molecule has 0 bridgehead atoms. The number of hydrogen-bond donors (Lipinski definition) is 9. The number of unbranched alkanes of at least 4 members (excludes halogenated alkanes) is 3. The molecule has 11 heteroatoms. The van der Waals surface area contributed by atoms with Gasteiger partial charge in [-0.15, -0.1) is 0 Å². The summed E-state index contributed by atoms with van der Waals surface area (Å²) in [6.07, 6.45) is 4.64. The van der Waals surface area contributed by atoms with Crippen molar-refractivity contribution >= 4 is 5.97 Å². The predicted molar refractivity (Wildman–Crippen MR) is 175 cm³/mol. The fraction of sp³-hybridized carbons (Fsp3) is 0.686. The van der Waals surface area contributed by atoms with Crippen molar-refractivity contribution in [1.82, 2.24) is 0 Å². The van der Waals surface area contributed by atoms with Crippen molar-refractivity contribution in [2.24, 2.45) is 5.92 Å². The number of carbonyl (C=O) groups is 1. The molecule has 11 atom stereocenters. The molecule has 11 nitrogen and oxygen atoms in total. The molecular formula is C35H58O11. The number of cyclic esters (lactones) is 1. The topological polar surface area (TPSA) is 208 Å². The highest BCUT2D eigenvalue weighted by Gasteiger charge is 2.33. The zero-order chi connectivity index (χ0) is 34.6. The third-order valence-electron chi connectivity index (χ3n) is 8.10. The molecule has 0 saturated carbocycles. The summed E-state index contributed by atoms with van der Waals surface area (Å²) >= 11 is 0. The molecule has 264 valence electrons. The smallest absolute Gasteiger partial charge is 0.311 e. The van der Waals surface area contributed by atoms with Gasteiger partial charge in [0.05, 0.1) is 42.5 Å².